The first-order valence-electron chi connectivity index (χ1n) is 5.80. The van der Waals surface area contributed by atoms with Gasteiger partial charge in [0.05, 0.1) is 0 Å². The van der Waals surface area contributed by atoms with Gasteiger partial charge in [0.2, 0.25) is 0 Å². The first-order valence-corrected chi connectivity index (χ1v) is 7.79. The second-order valence-corrected chi connectivity index (χ2v) is 8.02. The van der Waals surface area contributed by atoms with Crippen molar-refractivity contribution in [3.8, 4) is 0 Å². The van der Waals surface area contributed by atoms with E-state index in [1.54, 1.807) is 11.3 Å². The van der Waals surface area contributed by atoms with Gasteiger partial charge in [0.15, 0.2) is 0 Å². The Hall–Kier alpha value is 0.680. The van der Waals surface area contributed by atoms with Crippen LogP contribution in [0.1, 0.15) is 25.1 Å². The molecular weight excluding hydrogens is 355 g/mol. The molecule has 2 nitrogen and oxygen atoms in total. The lowest BCUT2D eigenvalue weighted by Gasteiger charge is -2.42. The number of nitrogens with two attached hydrogens (primary N) is 1. The molecule has 1 aliphatic heterocycles. The van der Waals surface area contributed by atoms with E-state index in [4.69, 9.17) is 17.3 Å². The van der Waals surface area contributed by atoms with Crippen molar-refractivity contribution >= 4 is 51.3 Å². The van der Waals surface area contributed by atoms with Crippen molar-refractivity contribution in [3.63, 3.8) is 0 Å². The van der Waals surface area contributed by atoms with Crippen LogP contribution in [0.15, 0.2) is 10.5 Å². The summed E-state index contributed by atoms with van der Waals surface area (Å²) in [5.74, 6) is 0. The molecule has 18 heavy (non-hydrogen) atoms. The standard InChI is InChI=1S/C12H18BrClN2S.ClH/c1-12(2)7-16(4-3-10(12)15)6-8-5-9(13)11(14)17-8;/h5,10H,3-4,6-7,15H2,1-2H3;1H. The fourth-order valence-corrected chi connectivity index (χ4v) is 4.14. The minimum absolute atomic E-state index is 0. The monoisotopic (exact) mass is 372 g/mol. The maximum atomic E-state index is 6.14. The third-order valence-corrected chi connectivity index (χ3v) is 5.93. The molecule has 0 bridgehead atoms. The summed E-state index contributed by atoms with van der Waals surface area (Å²) in [6, 6.07) is 2.44. The lowest BCUT2D eigenvalue weighted by molar-refractivity contribution is 0.0907. The van der Waals surface area contributed by atoms with Gasteiger partial charge >= 0.3 is 0 Å². The molecule has 2 heterocycles. The third kappa shape index (κ3) is 3.84. The Morgan fingerprint density at radius 3 is 2.78 bits per heavy atom. The van der Waals surface area contributed by atoms with Gasteiger partial charge in [-0.25, -0.2) is 0 Å². The molecule has 6 heteroatoms. The molecule has 1 aliphatic rings. The molecule has 1 aromatic rings. The van der Waals surface area contributed by atoms with Crippen LogP contribution in [0.25, 0.3) is 0 Å². The quantitative estimate of drug-likeness (QED) is 0.843. The minimum atomic E-state index is 0. The van der Waals surface area contributed by atoms with E-state index in [-0.39, 0.29) is 17.8 Å². The number of nitrogens with zero attached hydrogens (tertiary/aromatic N) is 1. The Balaban J connectivity index is 0.00000162. The lowest BCUT2D eigenvalue weighted by Crippen LogP contribution is -2.51. The highest BCUT2D eigenvalue weighted by Gasteiger charge is 2.33. The van der Waals surface area contributed by atoms with Crippen LogP contribution in [0, 0.1) is 5.41 Å². The van der Waals surface area contributed by atoms with E-state index in [9.17, 15) is 0 Å². The Kier molecular flexibility index (Phi) is 5.97. The van der Waals surface area contributed by atoms with E-state index in [2.05, 4.69) is 40.7 Å². The summed E-state index contributed by atoms with van der Waals surface area (Å²) in [7, 11) is 0. The number of hydrogen-bond donors (Lipinski definition) is 1. The fraction of sp³-hybridized carbons (Fsp3) is 0.667. The summed E-state index contributed by atoms with van der Waals surface area (Å²) in [6.45, 7) is 7.62. The predicted molar refractivity (Wildman–Crippen MR) is 85.9 cm³/mol. The van der Waals surface area contributed by atoms with Crippen molar-refractivity contribution in [1.82, 2.24) is 4.90 Å². The topological polar surface area (TPSA) is 29.3 Å². The number of likely N-dealkylation sites (tertiary alicyclic amines) is 1. The normalized spacial score (nSPS) is 23.7. The van der Waals surface area contributed by atoms with Crippen LogP contribution >= 0.6 is 51.3 Å². The average Bonchev–Trinajstić information content (AvgIpc) is 2.52. The molecule has 0 spiro atoms. The second kappa shape index (κ2) is 6.42. The summed E-state index contributed by atoms with van der Waals surface area (Å²) in [4.78, 5) is 3.78. The number of halogens is 3. The molecule has 1 unspecified atom stereocenters. The summed E-state index contributed by atoms with van der Waals surface area (Å²) in [6.07, 6.45) is 1.08. The van der Waals surface area contributed by atoms with Gasteiger partial charge in [-0.05, 0) is 33.8 Å². The maximum Gasteiger partial charge on any atom is 0.107 e. The van der Waals surface area contributed by atoms with Crippen molar-refractivity contribution in [3.05, 3.63) is 19.8 Å². The average molecular weight is 374 g/mol. The van der Waals surface area contributed by atoms with E-state index >= 15 is 0 Å². The summed E-state index contributed by atoms with van der Waals surface area (Å²) >= 11 is 11.2. The largest absolute Gasteiger partial charge is 0.327 e. The van der Waals surface area contributed by atoms with Crippen LogP contribution in [0.2, 0.25) is 4.34 Å². The SMILES string of the molecule is CC1(C)CN(Cc2cc(Br)c(Cl)s2)CCC1N.Cl. The molecule has 0 saturated carbocycles. The molecule has 0 aliphatic carbocycles. The highest BCUT2D eigenvalue weighted by molar-refractivity contribution is 9.10. The molecule has 1 fully saturated rings. The smallest absolute Gasteiger partial charge is 0.107 e. The van der Waals surface area contributed by atoms with E-state index in [1.165, 1.54) is 4.88 Å². The van der Waals surface area contributed by atoms with E-state index in [1.807, 2.05) is 0 Å². The van der Waals surface area contributed by atoms with Gasteiger partial charge in [0.1, 0.15) is 4.34 Å². The van der Waals surface area contributed by atoms with Crippen molar-refractivity contribution in [1.29, 1.82) is 0 Å². The van der Waals surface area contributed by atoms with E-state index < -0.39 is 0 Å². The van der Waals surface area contributed by atoms with E-state index in [0.717, 1.165) is 34.9 Å². The molecular formula is C12H19BrCl2N2S. The van der Waals surface area contributed by atoms with Crippen molar-refractivity contribution in [2.45, 2.75) is 32.9 Å². The summed E-state index contributed by atoms with van der Waals surface area (Å²) in [5, 5.41) is 0. The Morgan fingerprint density at radius 1 is 1.61 bits per heavy atom. The van der Waals surface area contributed by atoms with Crippen molar-refractivity contribution in [2.24, 2.45) is 11.1 Å². The second-order valence-electron chi connectivity index (χ2n) is 5.43. The van der Waals surface area contributed by atoms with Crippen LogP contribution < -0.4 is 5.73 Å². The van der Waals surface area contributed by atoms with E-state index in [0.29, 0.717) is 6.04 Å². The fourth-order valence-electron chi connectivity index (χ4n) is 2.31. The van der Waals surface area contributed by atoms with Crippen LogP contribution in [0.3, 0.4) is 0 Å². The number of rotatable bonds is 2. The van der Waals surface area contributed by atoms with Gasteiger partial charge < -0.3 is 5.73 Å². The first kappa shape index (κ1) is 16.7. The zero-order valence-electron chi connectivity index (χ0n) is 10.6. The van der Waals surface area contributed by atoms with Crippen LogP contribution in [-0.2, 0) is 6.54 Å². The molecule has 1 aromatic heterocycles. The number of piperidine rings is 1. The van der Waals surface area contributed by atoms with Crippen LogP contribution in [-0.4, -0.2) is 24.0 Å². The zero-order chi connectivity index (χ0) is 12.6. The molecule has 0 amide bonds. The molecule has 1 saturated heterocycles. The van der Waals surface area contributed by atoms with Crippen LogP contribution in [0.5, 0.6) is 0 Å². The van der Waals surface area contributed by atoms with Gasteiger partial charge in [-0.15, -0.1) is 23.7 Å². The third-order valence-electron chi connectivity index (χ3n) is 3.47. The summed E-state index contributed by atoms with van der Waals surface area (Å²) < 4.78 is 1.85. The predicted octanol–water partition coefficient (Wildman–Crippen LogP) is 4.15. The minimum Gasteiger partial charge on any atom is -0.327 e. The lowest BCUT2D eigenvalue weighted by atomic mass is 9.80. The summed E-state index contributed by atoms with van der Waals surface area (Å²) in [5.41, 5.74) is 6.35. The molecule has 2 N–H and O–H groups in total. The van der Waals surface area contributed by atoms with Gasteiger partial charge in [-0.2, -0.15) is 0 Å². The Bertz CT molecular complexity index is 389. The number of hydrogen-bond acceptors (Lipinski definition) is 3. The van der Waals surface area contributed by atoms with Crippen molar-refractivity contribution in [2.75, 3.05) is 13.1 Å². The molecule has 0 radical (unpaired) electrons. The highest BCUT2D eigenvalue weighted by atomic mass is 79.9. The maximum absolute atomic E-state index is 6.14. The van der Waals surface area contributed by atoms with Gasteiger partial charge in [-0.3, -0.25) is 4.90 Å². The molecule has 2 rings (SSSR count). The number of thiophene rings is 1. The van der Waals surface area contributed by atoms with Gasteiger partial charge in [0, 0.05) is 35.0 Å². The molecule has 0 aromatic carbocycles. The molecule has 104 valence electrons. The van der Waals surface area contributed by atoms with Crippen LogP contribution in [0.4, 0.5) is 0 Å². The van der Waals surface area contributed by atoms with Gasteiger partial charge in [-0.1, -0.05) is 25.4 Å². The zero-order valence-corrected chi connectivity index (χ0v) is 14.6. The van der Waals surface area contributed by atoms with Crippen molar-refractivity contribution < 1.29 is 0 Å². The van der Waals surface area contributed by atoms with Gasteiger partial charge in [0.25, 0.3) is 0 Å². The highest BCUT2D eigenvalue weighted by Crippen LogP contribution is 2.34. The Morgan fingerprint density at radius 2 is 2.28 bits per heavy atom. The Labute approximate surface area is 132 Å². The first-order chi connectivity index (χ1) is 7.88. The molecule has 1 atom stereocenters.